The van der Waals surface area contributed by atoms with Gasteiger partial charge in [-0.2, -0.15) is 0 Å². The molecule has 2 rings (SSSR count). The van der Waals surface area contributed by atoms with Gasteiger partial charge < -0.3 is 9.84 Å². The predicted octanol–water partition coefficient (Wildman–Crippen LogP) is 3.22. The van der Waals surface area contributed by atoms with Crippen LogP contribution in [0.4, 0.5) is 0 Å². The summed E-state index contributed by atoms with van der Waals surface area (Å²) in [5.41, 5.74) is 0.566. The smallest absolute Gasteiger partial charge is 0.159 e. The zero-order valence-corrected chi connectivity index (χ0v) is 11.1. The number of halogens is 1. The van der Waals surface area contributed by atoms with Crippen molar-refractivity contribution in [1.29, 1.82) is 0 Å². The number of aliphatic hydroxyl groups excluding tert-OH is 1. The van der Waals surface area contributed by atoms with E-state index in [1.165, 1.54) is 6.92 Å². The van der Waals surface area contributed by atoms with Crippen molar-refractivity contribution in [1.82, 2.24) is 0 Å². The van der Waals surface area contributed by atoms with E-state index >= 15 is 0 Å². The second kappa shape index (κ2) is 5.72. The SMILES string of the molecule is CC(=O)c1ccc(OC2CCCCC2O)c(Cl)c1. The largest absolute Gasteiger partial charge is 0.486 e. The van der Waals surface area contributed by atoms with Crippen LogP contribution in [0.3, 0.4) is 0 Å². The summed E-state index contributed by atoms with van der Waals surface area (Å²) in [5.74, 6) is 0.508. The molecule has 0 aromatic heterocycles. The van der Waals surface area contributed by atoms with Crippen molar-refractivity contribution < 1.29 is 14.6 Å². The van der Waals surface area contributed by atoms with Gasteiger partial charge in [-0.3, -0.25) is 4.79 Å². The summed E-state index contributed by atoms with van der Waals surface area (Å²) in [5, 5.41) is 10.3. The highest BCUT2D eigenvalue weighted by atomic mass is 35.5. The number of aliphatic hydroxyl groups is 1. The summed E-state index contributed by atoms with van der Waals surface area (Å²) in [6.07, 6.45) is 3.09. The average Bonchev–Trinajstić information content (AvgIpc) is 2.34. The third-order valence-corrected chi connectivity index (χ3v) is 3.58. The van der Waals surface area contributed by atoms with Crippen molar-refractivity contribution in [3.63, 3.8) is 0 Å². The minimum atomic E-state index is -0.428. The first-order chi connectivity index (χ1) is 8.58. The molecular formula is C14H17ClO3. The van der Waals surface area contributed by atoms with Gasteiger partial charge in [-0.25, -0.2) is 0 Å². The molecule has 0 heterocycles. The molecule has 1 aliphatic rings. The lowest BCUT2D eigenvalue weighted by Crippen LogP contribution is -2.34. The first-order valence-electron chi connectivity index (χ1n) is 6.23. The van der Waals surface area contributed by atoms with Crippen LogP contribution in [0.15, 0.2) is 18.2 Å². The zero-order valence-electron chi connectivity index (χ0n) is 10.4. The number of benzene rings is 1. The number of hydrogen-bond donors (Lipinski definition) is 1. The minimum absolute atomic E-state index is 0.0267. The number of carbonyl (C=O) groups excluding carboxylic acids is 1. The van der Waals surface area contributed by atoms with Gasteiger partial charge in [0.1, 0.15) is 11.9 Å². The predicted molar refractivity (Wildman–Crippen MR) is 70.3 cm³/mol. The maximum atomic E-state index is 11.2. The molecule has 0 amide bonds. The first kappa shape index (κ1) is 13.4. The molecule has 1 fully saturated rings. The maximum Gasteiger partial charge on any atom is 0.159 e. The van der Waals surface area contributed by atoms with Crippen molar-refractivity contribution in [3.8, 4) is 5.75 Å². The van der Waals surface area contributed by atoms with E-state index in [9.17, 15) is 9.90 Å². The van der Waals surface area contributed by atoms with Gasteiger partial charge in [0.2, 0.25) is 0 Å². The van der Waals surface area contributed by atoms with Gasteiger partial charge in [-0.1, -0.05) is 18.0 Å². The third-order valence-electron chi connectivity index (χ3n) is 3.28. The van der Waals surface area contributed by atoms with Crippen LogP contribution in [-0.4, -0.2) is 23.1 Å². The van der Waals surface area contributed by atoms with Gasteiger partial charge in [0, 0.05) is 5.56 Å². The van der Waals surface area contributed by atoms with E-state index in [0.717, 1.165) is 25.7 Å². The molecule has 0 radical (unpaired) electrons. The fourth-order valence-electron chi connectivity index (χ4n) is 2.19. The van der Waals surface area contributed by atoms with Crippen LogP contribution < -0.4 is 4.74 Å². The topological polar surface area (TPSA) is 46.5 Å². The van der Waals surface area contributed by atoms with Crippen LogP contribution in [0.5, 0.6) is 5.75 Å². The Balaban J connectivity index is 2.11. The second-order valence-electron chi connectivity index (χ2n) is 4.71. The van der Waals surface area contributed by atoms with E-state index in [1.54, 1.807) is 18.2 Å². The zero-order chi connectivity index (χ0) is 13.1. The van der Waals surface area contributed by atoms with Crippen LogP contribution in [0.1, 0.15) is 43.0 Å². The quantitative estimate of drug-likeness (QED) is 0.856. The number of hydrogen-bond acceptors (Lipinski definition) is 3. The molecule has 4 heteroatoms. The molecule has 0 bridgehead atoms. The standard InChI is InChI=1S/C14H17ClO3/c1-9(16)10-6-7-13(11(15)8-10)18-14-5-3-2-4-12(14)17/h6-8,12,14,17H,2-5H2,1H3. The molecule has 1 saturated carbocycles. The Kier molecular flexibility index (Phi) is 4.25. The van der Waals surface area contributed by atoms with Crippen molar-refractivity contribution in [3.05, 3.63) is 28.8 Å². The summed E-state index contributed by atoms with van der Waals surface area (Å²) >= 11 is 6.08. The van der Waals surface area contributed by atoms with Gasteiger partial charge in [-0.05, 0) is 44.4 Å². The molecule has 98 valence electrons. The van der Waals surface area contributed by atoms with Crippen LogP contribution in [0, 0.1) is 0 Å². The summed E-state index contributed by atoms with van der Waals surface area (Å²) in [7, 11) is 0. The Morgan fingerprint density at radius 1 is 1.39 bits per heavy atom. The molecular weight excluding hydrogens is 252 g/mol. The van der Waals surface area contributed by atoms with Gasteiger partial charge in [0.15, 0.2) is 5.78 Å². The maximum absolute atomic E-state index is 11.2. The van der Waals surface area contributed by atoms with Crippen LogP contribution in [-0.2, 0) is 0 Å². The summed E-state index contributed by atoms with van der Waals surface area (Å²) < 4.78 is 5.74. The molecule has 1 N–H and O–H groups in total. The van der Waals surface area contributed by atoms with Crippen LogP contribution in [0.25, 0.3) is 0 Å². The molecule has 0 saturated heterocycles. The Morgan fingerprint density at radius 2 is 2.11 bits per heavy atom. The first-order valence-corrected chi connectivity index (χ1v) is 6.61. The van der Waals surface area contributed by atoms with E-state index in [2.05, 4.69) is 0 Å². The lowest BCUT2D eigenvalue weighted by atomic mass is 9.95. The molecule has 0 aliphatic heterocycles. The van der Waals surface area contributed by atoms with Gasteiger partial charge in [-0.15, -0.1) is 0 Å². The Bertz CT molecular complexity index is 445. The fourth-order valence-corrected chi connectivity index (χ4v) is 2.42. The third kappa shape index (κ3) is 3.03. The van der Waals surface area contributed by atoms with Crippen molar-refractivity contribution >= 4 is 17.4 Å². The Morgan fingerprint density at radius 3 is 2.72 bits per heavy atom. The molecule has 1 aromatic carbocycles. The highest BCUT2D eigenvalue weighted by molar-refractivity contribution is 6.32. The van der Waals surface area contributed by atoms with Crippen LogP contribution >= 0.6 is 11.6 Å². The van der Waals surface area contributed by atoms with Crippen molar-refractivity contribution in [2.75, 3.05) is 0 Å². The van der Waals surface area contributed by atoms with Gasteiger partial charge in [0.05, 0.1) is 11.1 Å². The van der Waals surface area contributed by atoms with Crippen molar-refractivity contribution in [2.24, 2.45) is 0 Å². The van der Waals surface area contributed by atoms with E-state index in [4.69, 9.17) is 16.3 Å². The van der Waals surface area contributed by atoms with E-state index < -0.39 is 6.10 Å². The molecule has 2 unspecified atom stereocenters. The number of carbonyl (C=O) groups is 1. The Labute approximate surface area is 112 Å². The highest BCUT2D eigenvalue weighted by Crippen LogP contribution is 2.30. The molecule has 2 atom stereocenters. The van der Waals surface area contributed by atoms with Crippen molar-refractivity contribution in [2.45, 2.75) is 44.8 Å². The molecule has 18 heavy (non-hydrogen) atoms. The Hall–Kier alpha value is -1.06. The average molecular weight is 269 g/mol. The minimum Gasteiger partial charge on any atom is -0.486 e. The van der Waals surface area contributed by atoms with E-state index in [1.807, 2.05) is 0 Å². The monoisotopic (exact) mass is 268 g/mol. The normalized spacial score (nSPS) is 23.7. The summed E-state index contributed by atoms with van der Waals surface area (Å²) in [6, 6.07) is 4.99. The van der Waals surface area contributed by atoms with E-state index in [-0.39, 0.29) is 11.9 Å². The molecule has 3 nitrogen and oxygen atoms in total. The molecule has 0 spiro atoms. The lowest BCUT2D eigenvalue weighted by Gasteiger charge is -2.28. The number of ketones is 1. The van der Waals surface area contributed by atoms with Gasteiger partial charge in [0.25, 0.3) is 0 Å². The fraction of sp³-hybridized carbons (Fsp3) is 0.500. The number of ether oxygens (including phenoxy) is 1. The van der Waals surface area contributed by atoms with Crippen LogP contribution in [0.2, 0.25) is 5.02 Å². The van der Waals surface area contributed by atoms with E-state index in [0.29, 0.717) is 16.3 Å². The van der Waals surface area contributed by atoms with Gasteiger partial charge >= 0.3 is 0 Å². The summed E-state index contributed by atoms with van der Waals surface area (Å²) in [4.78, 5) is 11.2. The molecule has 1 aromatic rings. The molecule has 1 aliphatic carbocycles. The summed E-state index contributed by atoms with van der Waals surface area (Å²) in [6.45, 7) is 1.50. The number of Topliss-reactive ketones (excluding diaryl/α,β-unsaturated/α-hetero) is 1. The number of rotatable bonds is 3. The second-order valence-corrected chi connectivity index (χ2v) is 5.12. The lowest BCUT2D eigenvalue weighted by molar-refractivity contribution is 0.00692. The highest BCUT2D eigenvalue weighted by Gasteiger charge is 2.25.